The molecule has 2 aromatic carbocycles. The van der Waals surface area contributed by atoms with Gasteiger partial charge in [-0.1, -0.05) is 42.5 Å². The number of nitrogens with zero attached hydrogens (tertiary/aromatic N) is 2. The number of alkyl halides is 3. The van der Waals surface area contributed by atoms with Gasteiger partial charge in [0, 0.05) is 11.8 Å². The average molecular weight is 473 g/mol. The van der Waals surface area contributed by atoms with Crippen LogP contribution < -0.4 is 10.1 Å². The molecule has 34 heavy (non-hydrogen) atoms. The first kappa shape index (κ1) is 24.6. The standard InChI is InChI=1S/C24H22F3N3O4/c1-15-8-4-7-11-19(15)28-23-29-20(24(25,26)27)12-21(30-23)34-13-16-9-5-6-10-17(16)18(14-32-2)22(31)33-3/h4-12,14H,13H2,1-3H3,(H,28,29,30)/b18-14+. The van der Waals surface area contributed by atoms with Gasteiger partial charge in [-0.05, 0) is 29.7 Å². The first-order valence-electron chi connectivity index (χ1n) is 10.0. The van der Waals surface area contributed by atoms with Crippen molar-refractivity contribution in [3.8, 4) is 5.88 Å². The minimum atomic E-state index is -4.71. The summed E-state index contributed by atoms with van der Waals surface area (Å²) in [7, 11) is 2.61. The highest BCUT2D eigenvalue weighted by Crippen LogP contribution is 2.31. The van der Waals surface area contributed by atoms with Crippen LogP contribution in [0.5, 0.6) is 5.88 Å². The Morgan fingerprint density at radius 3 is 2.44 bits per heavy atom. The van der Waals surface area contributed by atoms with Crippen molar-refractivity contribution in [2.24, 2.45) is 0 Å². The van der Waals surface area contributed by atoms with Crippen molar-refractivity contribution in [3.63, 3.8) is 0 Å². The lowest BCUT2D eigenvalue weighted by Crippen LogP contribution is -2.12. The molecule has 3 aromatic rings. The summed E-state index contributed by atoms with van der Waals surface area (Å²) < 4.78 is 55.8. The van der Waals surface area contributed by atoms with Gasteiger partial charge in [-0.3, -0.25) is 0 Å². The lowest BCUT2D eigenvalue weighted by atomic mass is 10.0. The summed E-state index contributed by atoms with van der Waals surface area (Å²) in [6.45, 7) is 1.63. The van der Waals surface area contributed by atoms with Gasteiger partial charge in [0.1, 0.15) is 12.2 Å². The van der Waals surface area contributed by atoms with Crippen LogP contribution in [0.3, 0.4) is 0 Å². The number of aryl methyl sites for hydroxylation is 1. The number of rotatable bonds is 8. The predicted octanol–water partition coefficient (Wildman–Crippen LogP) is 5.29. The number of carbonyl (C=O) groups excluding carboxylic acids is 1. The first-order valence-corrected chi connectivity index (χ1v) is 10.0. The quantitative estimate of drug-likeness (QED) is 0.271. The summed E-state index contributed by atoms with van der Waals surface area (Å²) in [6, 6.07) is 14.5. The van der Waals surface area contributed by atoms with Crippen LogP contribution in [0.15, 0.2) is 60.9 Å². The van der Waals surface area contributed by atoms with E-state index in [0.717, 1.165) is 11.6 Å². The third-order valence-corrected chi connectivity index (χ3v) is 4.71. The molecule has 0 unspecified atom stereocenters. The van der Waals surface area contributed by atoms with E-state index >= 15 is 0 Å². The van der Waals surface area contributed by atoms with E-state index in [1.165, 1.54) is 20.5 Å². The van der Waals surface area contributed by atoms with Gasteiger partial charge in [0.2, 0.25) is 11.8 Å². The molecule has 0 aliphatic heterocycles. The Kier molecular flexibility index (Phi) is 7.72. The number of halogens is 3. The van der Waals surface area contributed by atoms with E-state index in [1.54, 1.807) is 55.5 Å². The van der Waals surface area contributed by atoms with Crippen LogP contribution in [0.4, 0.5) is 24.8 Å². The number of anilines is 2. The molecule has 1 N–H and O–H groups in total. The van der Waals surface area contributed by atoms with E-state index in [-0.39, 0.29) is 24.0 Å². The van der Waals surface area contributed by atoms with Crippen LogP contribution in [0.1, 0.15) is 22.4 Å². The van der Waals surface area contributed by atoms with Gasteiger partial charge in [-0.2, -0.15) is 18.2 Å². The normalized spacial score (nSPS) is 11.6. The summed E-state index contributed by atoms with van der Waals surface area (Å²) >= 11 is 0. The lowest BCUT2D eigenvalue weighted by Gasteiger charge is -2.15. The Morgan fingerprint density at radius 2 is 1.76 bits per heavy atom. The third-order valence-electron chi connectivity index (χ3n) is 4.71. The highest BCUT2D eigenvalue weighted by molar-refractivity contribution is 6.16. The molecule has 178 valence electrons. The van der Waals surface area contributed by atoms with Crippen molar-refractivity contribution in [2.45, 2.75) is 19.7 Å². The Bertz CT molecular complexity index is 1200. The zero-order valence-electron chi connectivity index (χ0n) is 18.6. The Hall–Kier alpha value is -4.08. The fourth-order valence-electron chi connectivity index (χ4n) is 3.04. The van der Waals surface area contributed by atoms with Gasteiger partial charge < -0.3 is 19.5 Å². The largest absolute Gasteiger partial charge is 0.503 e. The molecule has 0 fully saturated rings. The topological polar surface area (TPSA) is 82.6 Å². The molecule has 1 aromatic heterocycles. The second-order valence-corrected chi connectivity index (χ2v) is 7.06. The number of nitrogens with one attached hydrogen (secondary N) is 1. The fraction of sp³-hybridized carbons (Fsp3) is 0.208. The van der Waals surface area contributed by atoms with Crippen LogP contribution in [-0.4, -0.2) is 30.2 Å². The molecule has 0 spiro atoms. The molecule has 0 aliphatic carbocycles. The first-order chi connectivity index (χ1) is 16.2. The van der Waals surface area contributed by atoms with Crippen molar-refractivity contribution in [1.29, 1.82) is 0 Å². The van der Waals surface area contributed by atoms with Crippen LogP contribution in [0.25, 0.3) is 5.57 Å². The maximum atomic E-state index is 13.5. The Morgan fingerprint density at radius 1 is 1.06 bits per heavy atom. The molecule has 0 atom stereocenters. The molecule has 10 heteroatoms. The molecule has 0 aliphatic rings. The van der Waals surface area contributed by atoms with Crippen LogP contribution in [0.2, 0.25) is 0 Å². The van der Waals surface area contributed by atoms with Crippen molar-refractivity contribution >= 4 is 23.2 Å². The summed E-state index contributed by atoms with van der Waals surface area (Å²) in [6.07, 6.45) is -3.48. The van der Waals surface area contributed by atoms with Gasteiger partial charge >= 0.3 is 12.1 Å². The number of carbonyl (C=O) groups is 1. The maximum Gasteiger partial charge on any atom is 0.433 e. The monoisotopic (exact) mass is 473 g/mol. The number of hydrogen-bond acceptors (Lipinski definition) is 7. The van der Waals surface area contributed by atoms with Gasteiger partial charge in [0.25, 0.3) is 0 Å². The number of methoxy groups -OCH3 is 2. The number of aromatic nitrogens is 2. The second-order valence-electron chi connectivity index (χ2n) is 7.06. The second kappa shape index (κ2) is 10.7. The number of ether oxygens (including phenoxy) is 3. The molecule has 7 nitrogen and oxygen atoms in total. The molecule has 0 radical (unpaired) electrons. The molecule has 0 saturated heterocycles. The number of benzene rings is 2. The molecule has 1 heterocycles. The van der Waals surface area contributed by atoms with Crippen molar-refractivity contribution in [1.82, 2.24) is 9.97 Å². The average Bonchev–Trinajstić information content (AvgIpc) is 2.82. The van der Waals surface area contributed by atoms with Crippen molar-refractivity contribution in [3.05, 3.63) is 83.2 Å². The lowest BCUT2D eigenvalue weighted by molar-refractivity contribution is -0.141. The molecular formula is C24H22F3N3O4. The minimum Gasteiger partial charge on any atom is -0.503 e. The van der Waals surface area contributed by atoms with Gasteiger partial charge in [0.15, 0.2) is 5.69 Å². The summed E-state index contributed by atoms with van der Waals surface area (Å²) in [5.74, 6) is -1.19. The summed E-state index contributed by atoms with van der Waals surface area (Å²) in [5, 5.41) is 2.80. The van der Waals surface area contributed by atoms with E-state index in [4.69, 9.17) is 14.2 Å². The number of esters is 1. The van der Waals surface area contributed by atoms with Gasteiger partial charge in [-0.15, -0.1) is 0 Å². The molecular weight excluding hydrogens is 451 g/mol. The fourth-order valence-corrected chi connectivity index (χ4v) is 3.04. The van der Waals surface area contributed by atoms with Gasteiger partial charge in [0.05, 0.1) is 20.5 Å². The number of para-hydroxylation sites is 1. The molecule has 0 amide bonds. The third kappa shape index (κ3) is 6.03. The van der Waals surface area contributed by atoms with E-state index in [0.29, 0.717) is 16.8 Å². The van der Waals surface area contributed by atoms with Crippen molar-refractivity contribution in [2.75, 3.05) is 19.5 Å². The molecule has 0 bridgehead atoms. The van der Waals surface area contributed by atoms with Crippen molar-refractivity contribution < 1.29 is 32.2 Å². The van der Waals surface area contributed by atoms with E-state index < -0.39 is 17.8 Å². The minimum absolute atomic E-state index is 0.129. The van der Waals surface area contributed by atoms with E-state index in [1.807, 2.05) is 0 Å². The van der Waals surface area contributed by atoms with Crippen LogP contribution in [0, 0.1) is 6.92 Å². The maximum absolute atomic E-state index is 13.5. The Balaban J connectivity index is 1.93. The van der Waals surface area contributed by atoms with Gasteiger partial charge in [-0.25, -0.2) is 9.78 Å². The highest BCUT2D eigenvalue weighted by Gasteiger charge is 2.34. The van der Waals surface area contributed by atoms with E-state index in [9.17, 15) is 18.0 Å². The van der Waals surface area contributed by atoms with Crippen LogP contribution in [-0.2, 0) is 27.1 Å². The zero-order chi connectivity index (χ0) is 24.7. The smallest absolute Gasteiger partial charge is 0.433 e. The molecule has 3 rings (SSSR count). The summed E-state index contributed by atoms with van der Waals surface area (Å²) in [5.41, 5.74) is 1.29. The number of hydrogen-bond donors (Lipinski definition) is 1. The van der Waals surface area contributed by atoms with E-state index in [2.05, 4.69) is 15.3 Å². The summed E-state index contributed by atoms with van der Waals surface area (Å²) in [4.78, 5) is 19.8. The predicted molar refractivity (Wildman–Crippen MR) is 119 cm³/mol. The highest BCUT2D eigenvalue weighted by atomic mass is 19.4. The zero-order valence-corrected chi connectivity index (χ0v) is 18.6. The Labute approximate surface area is 194 Å². The molecule has 0 saturated carbocycles. The van der Waals surface area contributed by atoms with Crippen LogP contribution >= 0.6 is 0 Å². The SMILES string of the molecule is CO/C=C(/C(=O)OC)c1ccccc1COc1cc(C(F)(F)F)nc(Nc2ccccc2C)n1.